The van der Waals surface area contributed by atoms with Crippen LogP contribution in [0.2, 0.25) is 0 Å². The molecule has 1 fully saturated rings. The van der Waals surface area contributed by atoms with Gasteiger partial charge in [0.15, 0.2) is 0 Å². The highest BCUT2D eigenvalue weighted by atomic mass is 79.9. The molecule has 0 saturated carbocycles. The fourth-order valence-electron chi connectivity index (χ4n) is 1.81. The third-order valence-corrected chi connectivity index (χ3v) is 5.21. The number of halogens is 1. The molecule has 1 aliphatic heterocycles. The number of hydrogen-bond donors (Lipinski definition) is 1. The minimum Gasteiger partial charge on any atom is -0.317 e. The number of rotatable bonds is 1. The van der Waals surface area contributed by atoms with Gasteiger partial charge in [-0.15, -0.1) is 11.3 Å². The summed E-state index contributed by atoms with van der Waals surface area (Å²) in [5.41, 5.74) is 1.39. The van der Waals surface area contributed by atoms with Crippen molar-refractivity contribution >= 4 is 27.3 Å². The van der Waals surface area contributed by atoms with Gasteiger partial charge in [-0.05, 0) is 65.6 Å². The zero-order valence-corrected chi connectivity index (χ0v) is 10.2. The van der Waals surface area contributed by atoms with Crippen LogP contribution in [-0.2, 0) is 0 Å². The first-order chi connectivity index (χ1) is 6.29. The summed E-state index contributed by atoms with van der Waals surface area (Å²) in [7, 11) is 0. The maximum atomic E-state index is 3.68. The number of hydrogen-bond acceptors (Lipinski definition) is 2. The molecule has 1 N–H and O–H groups in total. The Labute approximate surface area is 91.7 Å². The highest BCUT2D eigenvalue weighted by Crippen LogP contribution is 2.37. The van der Waals surface area contributed by atoms with E-state index in [1.165, 1.54) is 36.0 Å². The van der Waals surface area contributed by atoms with Crippen LogP contribution in [0.15, 0.2) is 9.85 Å². The summed E-state index contributed by atoms with van der Waals surface area (Å²) in [5.74, 6) is 0.786. The fourth-order valence-corrected chi connectivity index (χ4v) is 3.79. The summed E-state index contributed by atoms with van der Waals surface area (Å²) in [6, 6.07) is 0. The maximum absolute atomic E-state index is 3.68. The summed E-state index contributed by atoms with van der Waals surface area (Å²) in [6.07, 6.45) is 2.58. The van der Waals surface area contributed by atoms with Crippen molar-refractivity contribution in [1.82, 2.24) is 5.32 Å². The third kappa shape index (κ3) is 1.97. The molecule has 0 atom stereocenters. The van der Waals surface area contributed by atoms with Gasteiger partial charge in [-0.2, -0.15) is 0 Å². The van der Waals surface area contributed by atoms with Gasteiger partial charge >= 0.3 is 0 Å². The summed E-state index contributed by atoms with van der Waals surface area (Å²) in [6.45, 7) is 4.52. The lowest BCUT2D eigenvalue weighted by Gasteiger charge is -2.21. The van der Waals surface area contributed by atoms with Crippen LogP contribution in [0.4, 0.5) is 0 Å². The van der Waals surface area contributed by atoms with Crippen molar-refractivity contribution in [1.29, 1.82) is 0 Å². The van der Waals surface area contributed by atoms with E-state index in [0.29, 0.717) is 0 Å². The predicted octanol–water partition coefficient (Wildman–Crippen LogP) is 3.29. The van der Waals surface area contributed by atoms with Crippen LogP contribution in [0.1, 0.15) is 29.2 Å². The van der Waals surface area contributed by atoms with E-state index in [4.69, 9.17) is 0 Å². The molecule has 1 aliphatic rings. The van der Waals surface area contributed by atoms with Gasteiger partial charge in [-0.1, -0.05) is 0 Å². The van der Waals surface area contributed by atoms with Crippen molar-refractivity contribution in [2.45, 2.75) is 25.7 Å². The van der Waals surface area contributed by atoms with E-state index in [0.717, 1.165) is 5.92 Å². The molecule has 0 aromatic carbocycles. The van der Waals surface area contributed by atoms with Crippen molar-refractivity contribution in [2.24, 2.45) is 0 Å². The first-order valence-corrected chi connectivity index (χ1v) is 6.40. The van der Waals surface area contributed by atoms with E-state index >= 15 is 0 Å². The van der Waals surface area contributed by atoms with Gasteiger partial charge in [0.25, 0.3) is 0 Å². The fraction of sp³-hybridized carbons (Fsp3) is 0.600. The van der Waals surface area contributed by atoms with Crippen LogP contribution in [0.25, 0.3) is 0 Å². The monoisotopic (exact) mass is 259 g/mol. The minimum absolute atomic E-state index is 0.786. The molecule has 2 heterocycles. The van der Waals surface area contributed by atoms with Crippen molar-refractivity contribution in [3.05, 3.63) is 20.3 Å². The van der Waals surface area contributed by atoms with Gasteiger partial charge in [0.1, 0.15) is 0 Å². The Kier molecular flexibility index (Phi) is 3.06. The Balaban J connectivity index is 2.18. The molecule has 72 valence electrons. The Morgan fingerprint density at radius 3 is 2.69 bits per heavy atom. The minimum atomic E-state index is 0.786. The van der Waals surface area contributed by atoms with Crippen molar-refractivity contribution in [3.8, 4) is 0 Å². The lowest BCUT2D eigenvalue weighted by molar-refractivity contribution is 0.464. The van der Waals surface area contributed by atoms with Crippen LogP contribution in [-0.4, -0.2) is 13.1 Å². The lowest BCUT2D eigenvalue weighted by atomic mass is 9.96. The molecule has 0 bridgehead atoms. The molecular formula is C10H14BrNS. The van der Waals surface area contributed by atoms with E-state index in [2.05, 4.69) is 33.6 Å². The number of piperidine rings is 1. The summed E-state index contributed by atoms with van der Waals surface area (Å²) in [4.78, 5) is 1.55. The second-order valence-electron chi connectivity index (χ2n) is 3.62. The van der Waals surface area contributed by atoms with Gasteiger partial charge in [0.2, 0.25) is 0 Å². The highest BCUT2D eigenvalue weighted by molar-refractivity contribution is 9.10. The molecule has 0 aliphatic carbocycles. The zero-order chi connectivity index (χ0) is 9.26. The van der Waals surface area contributed by atoms with E-state index < -0.39 is 0 Å². The average Bonchev–Trinajstić information content (AvgIpc) is 2.49. The standard InChI is InChI=1S/C10H14BrNS/c1-7-6-13-10(9(7)11)8-2-4-12-5-3-8/h6,8,12H,2-5H2,1H3. The molecule has 1 aromatic heterocycles. The molecule has 1 saturated heterocycles. The Bertz CT molecular complexity index is 289. The van der Waals surface area contributed by atoms with Crippen LogP contribution >= 0.6 is 27.3 Å². The lowest BCUT2D eigenvalue weighted by Crippen LogP contribution is -2.26. The van der Waals surface area contributed by atoms with Gasteiger partial charge in [0.05, 0.1) is 0 Å². The van der Waals surface area contributed by atoms with Crippen molar-refractivity contribution < 1.29 is 0 Å². The van der Waals surface area contributed by atoms with Crippen LogP contribution in [0, 0.1) is 6.92 Å². The topological polar surface area (TPSA) is 12.0 Å². The molecule has 0 amide bonds. The van der Waals surface area contributed by atoms with Gasteiger partial charge < -0.3 is 5.32 Å². The molecule has 0 radical (unpaired) electrons. The van der Waals surface area contributed by atoms with Crippen molar-refractivity contribution in [3.63, 3.8) is 0 Å². The first-order valence-electron chi connectivity index (χ1n) is 4.73. The highest BCUT2D eigenvalue weighted by Gasteiger charge is 2.19. The molecule has 0 unspecified atom stereocenters. The molecule has 2 rings (SSSR count). The number of nitrogens with one attached hydrogen (secondary N) is 1. The normalized spacial score (nSPS) is 19.2. The molecule has 13 heavy (non-hydrogen) atoms. The first kappa shape index (κ1) is 9.69. The summed E-state index contributed by atoms with van der Waals surface area (Å²) in [5, 5.41) is 5.65. The third-order valence-electron chi connectivity index (χ3n) is 2.64. The summed E-state index contributed by atoms with van der Waals surface area (Å²) >= 11 is 5.58. The molecule has 0 spiro atoms. The van der Waals surface area contributed by atoms with Crippen molar-refractivity contribution in [2.75, 3.05) is 13.1 Å². The average molecular weight is 260 g/mol. The molecule has 1 nitrogen and oxygen atoms in total. The van der Waals surface area contributed by atoms with E-state index in [1.807, 2.05) is 11.3 Å². The van der Waals surface area contributed by atoms with E-state index in [9.17, 15) is 0 Å². The van der Waals surface area contributed by atoms with E-state index in [1.54, 1.807) is 4.88 Å². The van der Waals surface area contributed by atoms with Gasteiger partial charge in [-0.25, -0.2) is 0 Å². The largest absolute Gasteiger partial charge is 0.317 e. The van der Waals surface area contributed by atoms with E-state index in [-0.39, 0.29) is 0 Å². The smallest absolute Gasteiger partial charge is 0.0346 e. The van der Waals surface area contributed by atoms with Crippen LogP contribution in [0.3, 0.4) is 0 Å². The number of thiophene rings is 1. The Morgan fingerprint density at radius 1 is 1.46 bits per heavy atom. The van der Waals surface area contributed by atoms with Crippen LogP contribution < -0.4 is 5.32 Å². The second kappa shape index (κ2) is 4.11. The quantitative estimate of drug-likeness (QED) is 0.817. The molecule has 3 heteroatoms. The predicted molar refractivity (Wildman–Crippen MR) is 61.6 cm³/mol. The maximum Gasteiger partial charge on any atom is 0.0346 e. The molecule has 1 aromatic rings. The van der Waals surface area contributed by atoms with Crippen LogP contribution in [0.5, 0.6) is 0 Å². The summed E-state index contributed by atoms with van der Waals surface area (Å²) < 4.78 is 1.35. The van der Waals surface area contributed by atoms with Gasteiger partial charge in [0, 0.05) is 9.35 Å². The second-order valence-corrected chi connectivity index (χ2v) is 5.33. The zero-order valence-electron chi connectivity index (χ0n) is 7.77. The number of aryl methyl sites for hydroxylation is 1. The Hall–Kier alpha value is 0.140. The SMILES string of the molecule is Cc1csc(C2CCNCC2)c1Br. The Morgan fingerprint density at radius 2 is 2.15 bits per heavy atom. The van der Waals surface area contributed by atoms with Gasteiger partial charge in [-0.3, -0.25) is 0 Å². The molecular weight excluding hydrogens is 246 g/mol.